The van der Waals surface area contributed by atoms with Gasteiger partial charge in [0.1, 0.15) is 11.3 Å². The van der Waals surface area contributed by atoms with Crippen LogP contribution in [0.1, 0.15) is 5.89 Å². The minimum Gasteiger partial charge on any atom is -0.497 e. The van der Waals surface area contributed by atoms with Crippen LogP contribution in [-0.2, 0) is 10.0 Å². The van der Waals surface area contributed by atoms with E-state index in [0.717, 1.165) is 0 Å². The molecule has 1 heterocycles. The molecule has 0 aliphatic rings. The molecular weight excluding hydrogens is 304 g/mol. The van der Waals surface area contributed by atoms with Crippen LogP contribution >= 0.6 is 0 Å². The summed E-state index contributed by atoms with van der Waals surface area (Å²) in [6, 6.07) is 11.3. The molecule has 0 unspecified atom stereocenters. The molecule has 0 fully saturated rings. The highest BCUT2D eigenvalue weighted by Crippen LogP contribution is 2.23. The first-order valence-corrected chi connectivity index (χ1v) is 8.00. The summed E-state index contributed by atoms with van der Waals surface area (Å²) in [7, 11) is -2.19. The number of hydrogen-bond donors (Lipinski definition) is 1. The summed E-state index contributed by atoms with van der Waals surface area (Å²) >= 11 is 0. The van der Waals surface area contributed by atoms with Crippen molar-refractivity contribution < 1.29 is 17.6 Å². The summed E-state index contributed by atoms with van der Waals surface area (Å²) in [5.74, 6) is 1.06. The number of benzene rings is 2. The van der Waals surface area contributed by atoms with Crippen molar-refractivity contribution in [3.8, 4) is 5.75 Å². The van der Waals surface area contributed by atoms with Gasteiger partial charge in [-0.15, -0.1) is 0 Å². The van der Waals surface area contributed by atoms with Crippen molar-refractivity contribution in [1.82, 2.24) is 4.98 Å². The van der Waals surface area contributed by atoms with Crippen molar-refractivity contribution in [3.63, 3.8) is 0 Å². The summed E-state index contributed by atoms with van der Waals surface area (Å²) in [5.41, 5.74) is 1.49. The van der Waals surface area contributed by atoms with Crippen LogP contribution in [0.3, 0.4) is 0 Å². The Morgan fingerprint density at radius 2 is 2.00 bits per heavy atom. The molecule has 0 spiro atoms. The average molecular weight is 318 g/mol. The van der Waals surface area contributed by atoms with Gasteiger partial charge in [-0.05, 0) is 30.3 Å². The standard InChI is InChI=1S/C15H14N2O4S/c1-10-16-14-9-13(6-7-15(14)21-10)22(18,19)17-11-4-3-5-12(8-11)20-2/h3-9,17H,1-2H3. The van der Waals surface area contributed by atoms with Crippen molar-refractivity contribution in [3.05, 3.63) is 48.4 Å². The van der Waals surface area contributed by atoms with E-state index in [1.807, 2.05) is 0 Å². The molecule has 1 aromatic heterocycles. The summed E-state index contributed by atoms with van der Waals surface area (Å²) in [4.78, 5) is 4.26. The number of fused-ring (bicyclic) bond motifs is 1. The fourth-order valence-corrected chi connectivity index (χ4v) is 3.16. The predicted octanol–water partition coefficient (Wildman–Crippen LogP) is 2.95. The van der Waals surface area contributed by atoms with Gasteiger partial charge in [-0.1, -0.05) is 6.07 Å². The molecule has 3 rings (SSSR count). The van der Waals surface area contributed by atoms with Crippen molar-refractivity contribution in [2.75, 3.05) is 11.8 Å². The molecule has 0 amide bonds. The lowest BCUT2D eigenvalue weighted by Gasteiger charge is -2.09. The lowest BCUT2D eigenvalue weighted by molar-refractivity contribution is 0.415. The zero-order valence-electron chi connectivity index (χ0n) is 12.0. The molecule has 0 saturated heterocycles. The van der Waals surface area contributed by atoms with Crippen LogP contribution in [0.4, 0.5) is 5.69 Å². The molecule has 22 heavy (non-hydrogen) atoms. The van der Waals surface area contributed by atoms with E-state index in [4.69, 9.17) is 9.15 Å². The minimum absolute atomic E-state index is 0.121. The number of sulfonamides is 1. The van der Waals surface area contributed by atoms with Crippen molar-refractivity contribution >= 4 is 26.8 Å². The molecule has 1 N–H and O–H groups in total. The van der Waals surface area contributed by atoms with Gasteiger partial charge in [0, 0.05) is 13.0 Å². The number of nitrogens with zero attached hydrogens (tertiary/aromatic N) is 1. The summed E-state index contributed by atoms with van der Waals surface area (Å²) < 4.78 is 37.8. The molecule has 3 aromatic rings. The zero-order valence-corrected chi connectivity index (χ0v) is 12.8. The largest absolute Gasteiger partial charge is 0.497 e. The molecule has 6 nitrogen and oxygen atoms in total. The molecular formula is C15H14N2O4S. The monoisotopic (exact) mass is 318 g/mol. The molecule has 0 bridgehead atoms. The maximum absolute atomic E-state index is 12.4. The van der Waals surface area contributed by atoms with Crippen molar-refractivity contribution in [2.45, 2.75) is 11.8 Å². The molecule has 7 heteroatoms. The maximum Gasteiger partial charge on any atom is 0.261 e. The van der Waals surface area contributed by atoms with Gasteiger partial charge < -0.3 is 9.15 Å². The Hall–Kier alpha value is -2.54. The van der Waals surface area contributed by atoms with E-state index < -0.39 is 10.0 Å². The van der Waals surface area contributed by atoms with Gasteiger partial charge in [0.15, 0.2) is 11.5 Å². The molecule has 0 radical (unpaired) electrons. The highest BCUT2D eigenvalue weighted by Gasteiger charge is 2.16. The number of rotatable bonds is 4. The van der Waals surface area contributed by atoms with Gasteiger partial charge in [-0.3, -0.25) is 4.72 Å². The van der Waals surface area contributed by atoms with E-state index in [1.54, 1.807) is 37.3 Å². The number of aromatic nitrogens is 1. The fourth-order valence-electron chi connectivity index (χ4n) is 2.09. The third-order valence-corrected chi connectivity index (χ3v) is 4.48. The molecule has 0 atom stereocenters. The summed E-state index contributed by atoms with van der Waals surface area (Å²) in [6.45, 7) is 1.71. The zero-order chi connectivity index (χ0) is 15.7. The second-order valence-corrected chi connectivity index (χ2v) is 6.38. The van der Waals surface area contributed by atoms with Crippen LogP contribution < -0.4 is 9.46 Å². The first-order valence-electron chi connectivity index (χ1n) is 6.52. The number of oxazole rings is 1. The van der Waals surface area contributed by atoms with Crippen LogP contribution in [0.25, 0.3) is 11.1 Å². The number of hydrogen-bond acceptors (Lipinski definition) is 5. The summed E-state index contributed by atoms with van der Waals surface area (Å²) in [5, 5.41) is 0. The smallest absolute Gasteiger partial charge is 0.261 e. The second kappa shape index (κ2) is 5.34. The Balaban J connectivity index is 1.96. The van der Waals surface area contributed by atoms with Crippen LogP contribution in [0, 0.1) is 6.92 Å². The van der Waals surface area contributed by atoms with E-state index in [-0.39, 0.29) is 4.90 Å². The SMILES string of the molecule is COc1cccc(NS(=O)(=O)c2ccc3oc(C)nc3c2)c1. The maximum atomic E-state index is 12.4. The predicted molar refractivity (Wildman–Crippen MR) is 82.5 cm³/mol. The van der Waals surface area contributed by atoms with Crippen LogP contribution in [0.2, 0.25) is 0 Å². The fraction of sp³-hybridized carbons (Fsp3) is 0.133. The number of aryl methyl sites for hydroxylation is 1. The Bertz CT molecular complexity index is 932. The summed E-state index contributed by atoms with van der Waals surface area (Å²) in [6.07, 6.45) is 0. The Kier molecular flexibility index (Phi) is 3.50. The van der Waals surface area contributed by atoms with Gasteiger partial charge in [0.25, 0.3) is 10.0 Å². The molecule has 114 valence electrons. The quantitative estimate of drug-likeness (QED) is 0.800. The number of anilines is 1. The van der Waals surface area contributed by atoms with E-state index in [2.05, 4.69) is 9.71 Å². The topological polar surface area (TPSA) is 81.4 Å². The van der Waals surface area contributed by atoms with Gasteiger partial charge >= 0.3 is 0 Å². The van der Waals surface area contributed by atoms with Gasteiger partial charge in [0.05, 0.1) is 17.7 Å². The van der Waals surface area contributed by atoms with Crippen molar-refractivity contribution in [2.24, 2.45) is 0 Å². The van der Waals surface area contributed by atoms with E-state index >= 15 is 0 Å². The van der Waals surface area contributed by atoms with Crippen molar-refractivity contribution in [1.29, 1.82) is 0 Å². The number of ether oxygens (including phenoxy) is 1. The third kappa shape index (κ3) is 2.75. The average Bonchev–Trinajstić information content (AvgIpc) is 2.86. The Labute approximate surface area is 127 Å². The molecule has 0 saturated carbocycles. The van der Waals surface area contributed by atoms with Crippen LogP contribution in [-0.4, -0.2) is 20.5 Å². The highest BCUT2D eigenvalue weighted by molar-refractivity contribution is 7.92. The molecule has 0 aliphatic heterocycles. The number of methoxy groups -OCH3 is 1. The Morgan fingerprint density at radius 3 is 2.77 bits per heavy atom. The first kappa shape index (κ1) is 14.4. The van der Waals surface area contributed by atoms with E-state index in [9.17, 15) is 8.42 Å². The Morgan fingerprint density at radius 1 is 1.18 bits per heavy atom. The molecule has 2 aromatic carbocycles. The van der Waals surface area contributed by atoms with Crippen LogP contribution in [0.5, 0.6) is 5.75 Å². The third-order valence-electron chi connectivity index (χ3n) is 3.10. The highest BCUT2D eigenvalue weighted by atomic mass is 32.2. The van der Waals surface area contributed by atoms with E-state index in [0.29, 0.717) is 28.4 Å². The lowest BCUT2D eigenvalue weighted by atomic mass is 10.3. The first-order chi connectivity index (χ1) is 10.5. The van der Waals surface area contributed by atoms with Crippen LogP contribution in [0.15, 0.2) is 51.8 Å². The normalized spacial score (nSPS) is 11.5. The van der Waals surface area contributed by atoms with Gasteiger partial charge in [-0.2, -0.15) is 0 Å². The molecule has 0 aliphatic carbocycles. The van der Waals surface area contributed by atoms with E-state index in [1.165, 1.54) is 19.2 Å². The van der Waals surface area contributed by atoms with Gasteiger partial charge in [-0.25, -0.2) is 13.4 Å². The lowest BCUT2D eigenvalue weighted by Crippen LogP contribution is -2.12. The van der Waals surface area contributed by atoms with Gasteiger partial charge in [0.2, 0.25) is 0 Å². The number of nitrogens with one attached hydrogen (secondary N) is 1. The second-order valence-electron chi connectivity index (χ2n) is 4.70. The minimum atomic E-state index is -3.71.